The maximum atomic E-state index is 11.4. The molecule has 1 N–H and O–H groups in total. The van der Waals surface area contributed by atoms with Gasteiger partial charge in [0.05, 0.1) is 0 Å². The van der Waals surface area contributed by atoms with E-state index in [1.54, 1.807) is 0 Å². The molecule has 0 aliphatic carbocycles. The number of hydrogen-bond donors (Lipinski definition) is 1. The third-order valence-electron chi connectivity index (χ3n) is 3.90. The molecule has 1 saturated heterocycles. The Bertz CT molecular complexity index is 459. The van der Waals surface area contributed by atoms with Gasteiger partial charge in [-0.1, -0.05) is 35.0 Å². The molecule has 1 unspecified atom stereocenters. The summed E-state index contributed by atoms with van der Waals surface area (Å²) >= 11 is 3.56. The summed E-state index contributed by atoms with van der Waals surface area (Å²) < 4.78 is 12.5. The van der Waals surface area contributed by atoms with Crippen LogP contribution < -0.4 is 5.32 Å². The lowest BCUT2D eigenvalue weighted by Gasteiger charge is -2.28. The summed E-state index contributed by atoms with van der Waals surface area (Å²) in [5, 5.41) is 3.65. The molecule has 1 heterocycles. The van der Waals surface area contributed by atoms with Gasteiger partial charge in [0.2, 0.25) is 0 Å². The third-order valence-corrected chi connectivity index (χ3v) is 5.67. The highest BCUT2D eigenvalue weighted by atomic mass is 79.9. The topological polar surface area (TPSA) is 32.3 Å². The van der Waals surface area contributed by atoms with Gasteiger partial charge in [-0.25, -0.2) is 0 Å². The molecule has 1 atom stereocenters. The average Bonchev–Trinajstić information content (AvgIpc) is 2.49. The molecule has 1 aliphatic rings. The molecule has 3 nitrogen and oxygen atoms in total. The van der Waals surface area contributed by atoms with Crippen LogP contribution in [0.5, 0.6) is 0 Å². The quantitative estimate of drug-likeness (QED) is 0.798. The largest absolute Gasteiger partial charge is 0.310 e. The van der Waals surface area contributed by atoms with Crippen LogP contribution >= 0.6 is 15.9 Å². The molecule has 1 aliphatic heterocycles. The number of rotatable bonds is 7. The van der Waals surface area contributed by atoms with E-state index in [1.807, 2.05) is 0 Å². The van der Waals surface area contributed by atoms with Gasteiger partial charge in [-0.2, -0.15) is 0 Å². The van der Waals surface area contributed by atoms with Crippen LogP contribution in [0.3, 0.4) is 0 Å². The van der Waals surface area contributed by atoms with Gasteiger partial charge in [-0.15, -0.1) is 0 Å². The maximum Gasteiger partial charge on any atom is 0.0363 e. The smallest absolute Gasteiger partial charge is 0.0363 e. The van der Waals surface area contributed by atoms with E-state index in [-0.39, 0.29) is 0 Å². The maximum absolute atomic E-state index is 11.4. The van der Waals surface area contributed by atoms with Crippen LogP contribution in [0.1, 0.15) is 31.4 Å². The Morgan fingerprint density at radius 2 is 2.14 bits per heavy atom. The second kappa shape index (κ2) is 9.03. The summed E-state index contributed by atoms with van der Waals surface area (Å²) in [7, 11) is -0.583. The van der Waals surface area contributed by atoms with Crippen molar-refractivity contribution in [2.24, 2.45) is 0 Å². The highest BCUT2D eigenvalue weighted by molar-refractivity contribution is 9.10. The summed E-state index contributed by atoms with van der Waals surface area (Å²) in [6.45, 7) is 6.27. The molecule has 5 heteroatoms. The number of halogens is 1. The first kappa shape index (κ1) is 17.1. The van der Waals surface area contributed by atoms with Crippen molar-refractivity contribution in [3.8, 4) is 0 Å². The number of hydrogen-bond acceptors (Lipinski definition) is 3. The lowest BCUT2D eigenvalue weighted by atomic mass is 10.0. The lowest BCUT2D eigenvalue weighted by molar-refractivity contribution is 0.278. The van der Waals surface area contributed by atoms with Crippen molar-refractivity contribution in [2.75, 3.05) is 37.7 Å². The van der Waals surface area contributed by atoms with E-state index in [4.69, 9.17) is 0 Å². The summed E-state index contributed by atoms with van der Waals surface area (Å²) in [4.78, 5) is 2.44. The zero-order valence-electron chi connectivity index (χ0n) is 12.7. The summed E-state index contributed by atoms with van der Waals surface area (Å²) in [6, 6.07) is 8.97. The molecule has 0 amide bonds. The van der Waals surface area contributed by atoms with Crippen LogP contribution in [-0.4, -0.2) is 46.8 Å². The van der Waals surface area contributed by atoms with Crippen LogP contribution in [-0.2, 0) is 10.8 Å². The first-order valence-electron chi connectivity index (χ1n) is 7.75. The summed E-state index contributed by atoms with van der Waals surface area (Å²) in [5.74, 6) is 1.67. The van der Waals surface area contributed by atoms with E-state index in [9.17, 15) is 4.21 Å². The van der Waals surface area contributed by atoms with Gasteiger partial charge in [0.1, 0.15) is 0 Å². The Morgan fingerprint density at radius 3 is 2.81 bits per heavy atom. The molecule has 1 fully saturated rings. The molecule has 1 aromatic rings. The van der Waals surface area contributed by atoms with E-state index < -0.39 is 10.8 Å². The fourth-order valence-corrected chi connectivity index (χ4v) is 4.18. The van der Waals surface area contributed by atoms with Crippen LogP contribution in [0, 0.1) is 0 Å². The molecule has 1 aromatic carbocycles. The Morgan fingerprint density at radius 1 is 1.38 bits per heavy atom. The van der Waals surface area contributed by atoms with Gasteiger partial charge in [0, 0.05) is 52.5 Å². The van der Waals surface area contributed by atoms with Crippen LogP contribution in [0.15, 0.2) is 28.7 Å². The Labute approximate surface area is 139 Å². The molecule has 0 saturated carbocycles. The van der Waals surface area contributed by atoms with Crippen LogP contribution in [0.25, 0.3) is 0 Å². The average molecular weight is 373 g/mol. The van der Waals surface area contributed by atoms with Crippen molar-refractivity contribution in [1.82, 2.24) is 10.2 Å². The lowest BCUT2D eigenvalue weighted by Crippen LogP contribution is -2.39. The molecular formula is C16H25BrN2OS. The zero-order valence-corrected chi connectivity index (χ0v) is 15.1. The Balaban J connectivity index is 1.91. The van der Waals surface area contributed by atoms with E-state index in [2.05, 4.69) is 57.3 Å². The molecule has 118 valence electrons. The van der Waals surface area contributed by atoms with Crippen molar-refractivity contribution in [3.05, 3.63) is 34.3 Å². The summed E-state index contributed by atoms with van der Waals surface area (Å²) in [5.41, 5.74) is 1.35. The second-order valence-electron chi connectivity index (χ2n) is 5.54. The fourth-order valence-electron chi connectivity index (χ4n) is 2.64. The predicted molar refractivity (Wildman–Crippen MR) is 94.1 cm³/mol. The van der Waals surface area contributed by atoms with Gasteiger partial charge in [-0.3, -0.25) is 4.21 Å². The van der Waals surface area contributed by atoms with Gasteiger partial charge in [0.15, 0.2) is 0 Å². The first-order valence-corrected chi connectivity index (χ1v) is 10.0. The third kappa shape index (κ3) is 5.81. The van der Waals surface area contributed by atoms with Crippen LogP contribution in [0.2, 0.25) is 0 Å². The van der Waals surface area contributed by atoms with Crippen molar-refractivity contribution >= 4 is 26.7 Å². The SMILES string of the molecule is CCCNC(CCN1CCS(=O)CC1)c1cccc(Br)c1. The number of nitrogens with zero attached hydrogens (tertiary/aromatic N) is 1. The molecule has 0 aromatic heterocycles. The Kier molecular flexibility index (Phi) is 7.37. The molecule has 0 radical (unpaired) electrons. The van der Waals surface area contributed by atoms with Gasteiger partial charge >= 0.3 is 0 Å². The Hall–Kier alpha value is -0.230. The molecule has 0 spiro atoms. The highest BCUT2D eigenvalue weighted by Crippen LogP contribution is 2.21. The standard InChI is InChI=1S/C16H25BrN2OS/c1-2-7-18-16(14-4-3-5-15(17)13-14)6-8-19-9-11-21(20)12-10-19/h3-5,13,16,18H,2,6-12H2,1H3. The van der Waals surface area contributed by atoms with Crippen molar-refractivity contribution in [2.45, 2.75) is 25.8 Å². The first-order chi connectivity index (χ1) is 10.2. The molecule has 0 bridgehead atoms. The highest BCUT2D eigenvalue weighted by Gasteiger charge is 2.17. The van der Waals surface area contributed by atoms with E-state index >= 15 is 0 Å². The second-order valence-corrected chi connectivity index (χ2v) is 8.15. The molecular weight excluding hydrogens is 348 g/mol. The monoisotopic (exact) mass is 372 g/mol. The van der Waals surface area contributed by atoms with Crippen molar-refractivity contribution < 1.29 is 4.21 Å². The van der Waals surface area contributed by atoms with Crippen LogP contribution in [0.4, 0.5) is 0 Å². The minimum absolute atomic E-state index is 0.398. The van der Waals surface area contributed by atoms with Gasteiger partial charge < -0.3 is 10.2 Å². The fraction of sp³-hybridized carbons (Fsp3) is 0.625. The summed E-state index contributed by atoms with van der Waals surface area (Å²) in [6.07, 6.45) is 2.25. The minimum atomic E-state index is -0.583. The predicted octanol–water partition coefficient (Wildman–Crippen LogP) is 2.94. The number of nitrogens with one attached hydrogen (secondary N) is 1. The molecule has 21 heavy (non-hydrogen) atoms. The van der Waals surface area contributed by atoms with Crippen molar-refractivity contribution in [1.29, 1.82) is 0 Å². The zero-order chi connectivity index (χ0) is 15.1. The molecule has 2 rings (SSSR count). The van der Waals surface area contributed by atoms with Gasteiger partial charge in [-0.05, 0) is 37.1 Å². The van der Waals surface area contributed by atoms with E-state index in [0.717, 1.165) is 55.0 Å². The minimum Gasteiger partial charge on any atom is -0.310 e. The van der Waals surface area contributed by atoms with Gasteiger partial charge in [0.25, 0.3) is 0 Å². The van der Waals surface area contributed by atoms with Crippen molar-refractivity contribution in [3.63, 3.8) is 0 Å². The number of benzene rings is 1. The van der Waals surface area contributed by atoms with E-state index in [0.29, 0.717) is 6.04 Å². The van der Waals surface area contributed by atoms with E-state index in [1.165, 1.54) is 5.56 Å². The normalized spacial score (nSPS) is 18.8.